The van der Waals surface area contributed by atoms with Crippen LogP contribution < -0.4 is 10.1 Å². The zero-order chi connectivity index (χ0) is 16.4. The average Bonchev–Trinajstić information content (AvgIpc) is 3.29. The Labute approximate surface area is 143 Å². The Bertz CT molecular complexity index is 730. The molecule has 6 nitrogen and oxygen atoms in total. The van der Waals surface area contributed by atoms with Crippen LogP contribution in [-0.4, -0.2) is 33.5 Å². The van der Waals surface area contributed by atoms with Crippen molar-refractivity contribution < 1.29 is 9.53 Å². The molecule has 0 radical (unpaired) electrons. The molecule has 0 unspecified atom stereocenters. The summed E-state index contributed by atoms with van der Waals surface area (Å²) in [5, 5.41) is 12.3. The molecular formula is C15H17ClN4O2S. The fourth-order valence-electron chi connectivity index (χ4n) is 2.27. The molecule has 1 aromatic heterocycles. The molecule has 1 N–H and O–H groups in total. The third-order valence-corrected chi connectivity index (χ3v) is 4.75. The average molecular weight is 353 g/mol. The number of anilines is 1. The first-order valence-corrected chi connectivity index (χ1v) is 8.62. The highest BCUT2D eigenvalue weighted by molar-refractivity contribution is 7.99. The molecule has 1 aromatic carbocycles. The van der Waals surface area contributed by atoms with Gasteiger partial charge in [0, 0.05) is 11.7 Å². The first kappa shape index (κ1) is 16.1. The van der Waals surface area contributed by atoms with Gasteiger partial charge in [-0.1, -0.05) is 23.4 Å². The third-order valence-electron chi connectivity index (χ3n) is 3.51. The van der Waals surface area contributed by atoms with Crippen molar-refractivity contribution in [2.45, 2.75) is 31.0 Å². The minimum Gasteiger partial charge on any atom is -0.495 e. The number of nitrogens with zero attached hydrogens (tertiary/aromatic N) is 3. The first-order chi connectivity index (χ1) is 11.1. The lowest BCUT2D eigenvalue weighted by molar-refractivity contribution is -0.113. The number of amides is 1. The molecule has 1 amide bonds. The number of nitrogens with one attached hydrogen (secondary N) is 1. The molecule has 0 atom stereocenters. The Morgan fingerprint density at radius 1 is 1.48 bits per heavy atom. The molecule has 0 spiro atoms. The van der Waals surface area contributed by atoms with Crippen molar-refractivity contribution in [1.82, 2.24) is 14.8 Å². The van der Waals surface area contributed by atoms with Crippen LogP contribution in [0.1, 0.15) is 24.7 Å². The lowest BCUT2D eigenvalue weighted by Crippen LogP contribution is -2.14. The summed E-state index contributed by atoms with van der Waals surface area (Å²) in [6.45, 7) is 1.94. The Kier molecular flexibility index (Phi) is 4.77. The van der Waals surface area contributed by atoms with E-state index in [2.05, 4.69) is 20.1 Å². The van der Waals surface area contributed by atoms with Crippen LogP contribution in [0.25, 0.3) is 0 Å². The highest BCUT2D eigenvalue weighted by Crippen LogP contribution is 2.38. The van der Waals surface area contributed by atoms with E-state index in [9.17, 15) is 4.79 Å². The predicted molar refractivity (Wildman–Crippen MR) is 90.4 cm³/mol. The zero-order valence-electron chi connectivity index (χ0n) is 12.9. The van der Waals surface area contributed by atoms with Gasteiger partial charge in [0.05, 0.1) is 17.9 Å². The maximum absolute atomic E-state index is 12.1. The summed E-state index contributed by atoms with van der Waals surface area (Å²) in [5.74, 6) is 1.64. The molecule has 1 heterocycles. The summed E-state index contributed by atoms with van der Waals surface area (Å²) in [6, 6.07) is 5.64. The van der Waals surface area contributed by atoms with Crippen LogP contribution in [0.5, 0.6) is 5.75 Å². The van der Waals surface area contributed by atoms with E-state index in [-0.39, 0.29) is 11.7 Å². The molecule has 3 rings (SSSR count). The standard InChI is InChI=1S/C15H17ClN4O2S/c1-9-18-19-15(20(9)11-4-5-11)23-8-14(21)17-10-3-6-13(22-2)12(16)7-10/h3,6-7,11H,4-5,8H2,1-2H3,(H,17,21). The van der Waals surface area contributed by atoms with Gasteiger partial charge in [-0.15, -0.1) is 10.2 Å². The van der Waals surface area contributed by atoms with Gasteiger partial charge in [0.25, 0.3) is 0 Å². The van der Waals surface area contributed by atoms with Gasteiger partial charge in [-0.2, -0.15) is 0 Å². The number of benzene rings is 1. The fourth-order valence-corrected chi connectivity index (χ4v) is 3.38. The number of carbonyl (C=O) groups is 1. The first-order valence-electron chi connectivity index (χ1n) is 7.26. The number of aromatic nitrogens is 3. The molecular weight excluding hydrogens is 336 g/mol. The van der Waals surface area contributed by atoms with Gasteiger partial charge >= 0.3 is 0 Å². The summed E-state index contributed by atoms with van der Waals surface area (Å²) in [6.07, 6.45) is 2.31. The van der Waals surface area contributed by atoms with Gasteiger partial charge in [-0.25, -0.2) is 0 Å². The molecule has 122 valence electrons. The second-order valence-corrected chi connectivity index (χ2v) is 6.67. The Hall–Kier alpha value is -1.73. The summed E-state index contributed by atoms with van der Waals surface area (Å²) in [5.41, 5.74) is 0.640. The number of hydrogen-bond donors (Lipinski definition) is 1. The van der Waals surface area contributed by atoms with Crippen LogP contribution >= 0.6 is 23.4 Å². The van der Waals surface area contributed by atoms with Crippen molar-refractivity contribution in [3.8, 4) is 5.75 Å². The predicted octanol–water partition coefficient (Wildman–Crippen LogP) is 3.31. The molecule has 1 aliphatic carbocycles. The van der Waals surface area contributed by atoms with E-state index in [0.717, 1.165) is 23.8 Å². The molecule has 0 saturated heterocycles. The number of carbonyl (C=O) groups excluding carboxylic acids is 1. The number of aryl methyl sites for hydroxylation is 1. The van der Waals surface area contributed by atoms with Gasteiger partial charge in [-0.05, 0) is 38.0 Å². The molecule has 0 aliphatic heterocycles. The topological polar surface area (TPSA) is 69.0 Å². The van der Waals surface area contributed by atoms with Gasteiger partial charge in [0.1, 0.15) is 11.6 Å². The van der Waals surface area contributed by atoms with E-state index >= 15 is 0 Å². The smallest absolute Gasteiger partial charge is 0.234 e. The molecule has 8 heteroatoms. The van der Waals surface area contributed by atoms with Crippen molar-refractivity contribution in [3.63, 3.8) is 0 Å². The van der Waals surface area contributed by atoms with Crippen LogP contribution in [-0.2, 0) is 4.79 Å². The Balaban J connectivity index is 1.59. The summed E-state index contributed by atoms with van der Waals surface area (Å²) < 4.78 is 7.20. The number of rotatable bonds is 6. The van der Waals surface area contributed by atoms with Crippen molar-refractivity contribution in [2.24, 2.45) is 0 Å². The van der Waals surface area contributed by atoms with Crippen molar-refractivity contribution in [1.29, 1.82) is 0 Å². The van der Waals surface area contributed by atoms with E-state index in [1.807, 2.05) is 6.92 Å². The van der Waals surface area contributed by atoms with Crippen LogP contribution in [0.15, 0.2) is 23.4 Å². The number of halogens is 1. The minimum absolute atomic E-state index is 0.112. The van der Waals surface area contributed by atoms with E-state index in [1.165, 1.54) is 11.8 Å². The van der Waals surface area contributed by atoms with E-state index in [4.69, 9.17) is 16.3 Å². The van der Waals surface area contributed by atoms with Crippen molar-refractivity contribution >= 4 is 35.0 Å². The monoisotopic (exact) mass is 352 g/mol. The minimum atomic E-state index is -0.112. The van der Waals surface area contributed by atoms with Gasteiger partial charge < -0.3 is 14.6 Å². The van der Waals surface area contributed by atoms with Gasteiger partial charge in [0.15, 0.2) is 5.16 Å². The molecule has 1 aliphatic rings. The Morgan fingerprint density at radius 3 is 2.91 bits per heavy atom. The maximum Gasteiger partial charge on any atom is 0.234 e. The summed E-state index contributed by atoms with van der Waals surface area (Å²) in [4.78, 5) is 12.1. The molecule has 23 heavy (non-hydrogen) atoms. The SMILES string of the molecule is COc1ccc(NC(=O)CSc2nnc(C)n2C2CC2)cc1Cl. The second-order valence-electron chi connectivity index (χ2n) is 5.32. The number of hydrogen-bond acceptors (Lipinski definition) is 5. The van der Waals surface area contributed by atoms with Crippen LogP contribution in [0.3, 0.4) is 0 Å². The third kappa shape index (κ3) is 3.79. The van der Waals surface area contributed by atoms with Gasteiger partial charge in [0.2, 0.25) is 5.91 Å². The normalized spacial score (nSPS) is 13.9. The molecule has 0 bridgehead atoms. The van der Waals surface area contributed by atoms with Crippen molar-refractivity contribution in [3.05, 3.63) is 29.0 Å². The largest absolute Gasteiger partial charge is 0.495 e. The Morgan fingerprint density at radius 2 is 2.26 bits per heavy atom. The van der Waals surface area contributed by atoms with Crippen LogP contribution in [0.4, 0.5) is 5.69 Å². The highest BCUT2D eigenvalue weighted by atomic mass is 35.5. The lowest BCUT2D eigenvalue weighted by atomic mass is 10.3. The number of thioether (sulfide) groups is 1. The van der Waals surface area contributed by atoms with Crippen molar-refractivity contribution in [2.75, 3.05) is 18.2 Å². The zero-order valence-corrected chi connectivity index (χ0v) is 14.4. The van der Waals surface area contributed by atoms with E-state index in [1.54, 1.807) is 25.3 Å². The van der Waals surface area contributed by atoms with E-state index < -0.39 is 0 Å². The number of methoxy groups -OCH3 is 1. The van der Waals surface area contributed by atoms with Gasteiger partial charge in [-0.3, -0.25) is 4.79 Å². The second kappa shape index (κ2) is 6.80. The molecule has 2 aromatic rings. The summed E-state index contributed by atoms with van der Waals surface area (Å²) >= 11 is 7.44. The molecule has 1 saturated carbocycles. The van der Waals surface area contributed by atoms with E-state index in [0.29, 0.717) is 22.5 Å². The molecule has 1 fully saturated rings. The highest BCUT2D eigenvalue weighted by Gasteiger charge is 2.28. The quantitative estimate of drug-likeness (QED) is 0.808. The lowest BCUT2D eigenvalue weighted by Gasteiger charge is -2.08. The number of ether oxygens (including phenoxy) is 1. The van der Waals surface area contributed by atoms with Crippen LogP contribution in [0, 0.1) is 6.92 Å². The fraction of sp³-hybridized carbons (Fsp3) is 0.400. The van der Waals surface area contributed by atoms with Crippen LogP contribution in [0.2, 0.25) is 5.02 Å². The maximum atomic E-state index is 12.1. The summed E-state index contributed by atoms with van der Waals surface area (Å²) in [7, 11) is 1.55.